The van der Waals surface area contributed by atoms with Gasteiger partial charge in [-0.1, -0.05) is 0 Å². The molecule has 3 rings (SSSR count). The molecule has 108 valence electrons. The van der Waals surface area contributed by atoms with Crippen molar-refractivity contribution in [3.63, 3.8) is 0 Å². The summed E-state index contributed by atoms with van der Waals surface area (Å²) in [5.41, 5.74) is 1.91. The van der Waals surface area contributed by atoms with E-state index in [0.29, 0.717) is 22.4 Å². The second-order valence-electron chi connectivity index (χ2n) is 4.48. The molecule has 0 fully saturated rings. The second-order valence-corrected chi connectivity index (χ2v) is 4.48. The van der Waals surface area contributed by atoms with Gasteiger partial charge in [-0.25, -0.2) is 9.37 Å². The van der Waals surface area contributed by atoms with Crippen molar-refractivity contribution in [1.29, 1.82) is 0 Å². The molecule has 0 saturated carbocycles. The Morgan fingerprint density at radius 1 is 1.10 bits per heavy atom. The van der Waals surface area contributed by atoms with E-state index in [1.165, 1.54) is 26.4 Å². The van der Waals surface area contributed by atoms with Crippen LogP contribution in [0.4, 0.5) is 4.39 Å². The molecule has 0 radical (unpaired) electrons. The summed E-state index contributed by atoms with van der Waals surface area (Å²) in [7, 11) is 2.90. The Kier molecular flexibility index (Phi) is 3.13. The maximum absolute atomic E-state index is 13.2. The van der Waals surface area contributed by atoms with Crippen molar-refractivity contribution in [1.82, 2.24) is 9.97 Å². The molecule has 0 amide bonds. The van der Waals surface area contributed by atoms with Crippen LogP contribution in [0.3, 0.4) is 0 Å². The monoisotopic (exact) mass is 288 g/mol. The lowest BCUT2D eigenvalue weighted by Crippen LogP contribution is -1.91. The Bertz CT molecular complexity index is 789. The van der Waals surface area contributed by atoms with Crippen molar-refractivity contribution in [2.45, 2.75) is 0 Å². The van der Waals surface area contributed by atoms with Gasteiger partial charge >= 0.3 is 0 Å². The van der Waals surface area contributed by atoms with Gasteiger partial charge in [0, 0.05) is 5.56 Å². The van der Waals surface area contributed by atoms with Crippen molar-refractivity contribution in [2.75, 3.05) is 14.2 Å². The summed E-state index contributed by atoms with van der Waals surface area (Å²) in [5.74, 6) is 0.670. The van der Waals surface area contributed by atoms with Crippen LogP contribution in [0, 0.1) is 5.82 Å². The number of nitrogens with zero attached hydrogens (tertiary/aromatic N) is 1. The van der Waals surface area contributed by atoms with Crippen LogP contribution in [0.1, 0.15) is 0 Å². The van der Waals surface area contributed by atoms with Gasteiger partial charge in [0.1, 0.15) is 11.6 Å². The van der Waals surface area contributed by atoms with E-state index < -0.39 is 0 Å². The number of phenolic OH excluding ortho intramolecular Hbond substituents is 1. The fourth-order valence-corrected chi connectivity index (χ4v) is 2.15. The van der Waals surface area contributed by atoms with E-state index in [4.69, 9.17) is 9.47 Å². The third-order valence-electron chi connectivity index (χ3n) is 3.20. The molecule has 0 spiro atoms. The number of imidazole rings is 1. The highest BCUT2D eigenvalue weighted by Gasteiger charge is 2.14. The molecule has 21 heavy (non-hydrogen) atoms. The molecule has 0 aliphatic rings. The van der Waals surface area contributed by atoms with Crippen molar-refractivity contribution in [2.24, 2.45) is 0 Å². The van der Waals surface area contributed by atoms with Crippen LogP contribution in [-0.4, -0.2) is 29.3 Å². The van der Waals surface area contributed by atoms with Gasteiger partial charge in [0.05, 0.1) is 25.3 Å². The predicted octanol–water partition coefficient (Wildman–Crippen LogP) is 3.09. The summed E-state index contributed by atoms with van der Waals surface area (Å²) in [4.78, 5) is 7.42. The van der Waals surface area contributed by atoms with E-state index in [0.717, 1.165) is 0 Å². The highest BCUT2D eigenvalue weighted by molar-refractivity contribution is 5.80. The molecule has 0 atom stereocenters. The SMILES string of the molecule is COc1cc(-c2nc3ccc(F)cc3[nH]2)cc(OC)c1O. The number of halogens is 1. The Hall–Kier alpha value is -2.76. The number of phenols is 1. The first-order valence-corrected chi connectivity index (χ1v) is 6.23. The van der Waals surface area contributed by atoms with Crippen molar-refractivity contribution in [3.8, 4) is 28.6 Å². The van der Waals surface area contributed by atoms with E-state index in [9.17, 15) is 9.50 Å². The third kappa shape index (κ3) is 2.24. The van der Waals surface area contributed by atoms with E-state index in [2.05, 4.69) is 9.97 Å². The predicted molar refractivity (Wildman–Crippen MR) is 76.3 cm³/mol. The number of nitrogens with one attached hydrogen (secondary N) is 1. The number of benzene rings is 2. The number of ether oxygens (including phenoxy) is 2. The van der Waals surface area contributed by atoms with Crippen LogP contribution >= 0.6 is 0 Å². The van der Waals surface area contributed by atoms with Crippen LogP contribution < -0.4 is 9.47 Å². The molecule has 1 aromatic heterocycles. The van der Waals surface area contributed by atoms with E-state index in [-0.39, 0.29) is 23.1 Å². The van der Waals surface area contributed by atoms with Gasteiger partial charge < -0.3 is 19.6 Å². The zero-order valence-electron chi connectivity index (χ0n) is 11.5. The first-order valence-electron chi connectivity index (χ1n) is 6.23. The molecule has 0 bridgehead atoms. The van der Waals surface area contributed by atoms with Gasteiger partial charge in [-0.15, -0.1) is 0 Å². The number of aromatic amines is 1. The highest BCUT2D eigenvalue weighted by atomic mass is 19.1. The molecule has 6 heteroatoms. The first kappa shape index (κ1) is 13.2. The molecule has 0 aliphatic heterocycles. The third-order valence-corrected chi connectivity index (χ3v) is 3.20. The van der Waals surface area contributed by atoms with Crippen LogP contribution in [0.2, 0.25) is 0 Å². The van der Waals surface area contributed by atoms with Crippen molar-refractivity contribution >= 4 is 11.0 Å². The smallest absolute Gasteiger partial charge is 0.200 e. The normalized spacial score (nSPS) is 10.8. The van der Waals surface area contributed by atoms with E-state index in [1.807, 2.05) is 0 Å². The number of H-pyrrole nitrogens is 1. The summed E-state index contributed by atoms with van der Waals surface area (Å²) in [6, 6.07) is 7.59. The molecule has 5 nitrogen and oxygen atoms in total. The van der Waals surface area contributed by atoms with Crippen LogP contribution in [0.15, 0.2) is 30.3 Å². The molecule has 2 N–H and O–H groups in total. The minimum Gasteiger partial charge on any atom is -0.502 e. The highest BCUT2D eigenvalue weighted by Crippen LogP contribution is 2.39. The number of hydrogen-bond donors (Lipinski definition) is 2. The summed E-state index contributed by atoms with van der Waals surface area (Å²) in [6.45, 7) is 0. The summed E-state index contributed by atoms with van der Waals surface area (Å²) >= 11 is 0. The molecule has 3 aromatic rings. The lowest BCUT2D eigenvalue weighted by atomic mass is 10.1. The second kappa shape index (κ2) is 4.97. The fraction of sp³-hybridized carbons (Fsp3) is 0.133. The quantitative estimate of drug-likeness (QED) is 0.777. The number of aromatic nitrogens is 2. The molecular weight excluding hydrogens is 275 g/mol. The van der Waals surface area contributed by atoms with Gasteiger partial charge in [-0.3, -0.25) is 0 Å². The topological polar surface area (TPSA) is 67.4 Å². The average Bonchev–Trinajstić information content (AvgIpc) is 2.90. The van der Waals surface area contributed by atoms with Crippen molar-refractivity contribution < 1.29 is 19.0 Å². The summed E-state index contributed by atoms with van der Waals surface area (Å²) < 4.78 is 23.4. The molecule has 2 aromatic carbocycles. The summed E-state index contributed by atoms with van der Waals surface area (Å²) in [5, 5.41) is 9.91. The lowest BCUT2D eigenvalue weighted by Gasteiger charge is -2.09. The number of methoxy groups -OCH3 is 2. The first-order chi connectivity index (χ1) is 10.1. The Labute approximate surface area is 120 Å². The lowest BCUT2D eigenvalue weighted by molar-refractivity contribution is 0.340. The number of rotatable bonds is 3. The molecule has 1 heterocycles. The summed E-state index contributed by atoms with van der Waals surface area (Å²) in [6.07, 6.45) is 0. The molecule has 0 saturated heterocycles. The van der Waals surface area contributed by atoms with Gasteiger partial charge in [-0.2, -0.15) is 0 Å². The Balaban J connectivity index is 2.17. The van der Waals surface area contributed by atoms with Gasteiger partial charge in [-0.05, 0) is 30.3 Å². The fourth-order valence-electron chi connectivity index (χ4n) is 2.15. The van der Waals surface area contributed by atoms with Gasteiger partial charge in [0.25, 0.3) is 0 Å². The van der Waals surface area contributed by atoms with Crippen molar-refractivity contribution in [3.05, 3.63) is 36.1 Å². The zero-order valence-corrected chi connectivity index (χ0v) is 11.5. The standard InChI is InChI=1S/C15H13FN2O3/c1-20-12-5-8(6-13(21-2)14(12)19)15-17-10-4-3-9(16)7-11(10)18-15/h3-7,19H,1-2H3,(H,17,18). The Morgan fingerprint density at radius 3 is 2.38 bits per heavy atom. The largest absolute Gasteiger partial charge is 0.502 e. The number of hydrogen-bond acceptors (Lipinski definition) is 4. The van der Waals surface area contributed by atoms with E-state index >= 15 is 0 Å². The molecule has 0 unspecified atom stereocenters. The molecular formula is C15H13FN2O3. The minimum atomic E-state index is -0.335. The maximum atomic E-state index is 13.2. The van der Waals surface area contributed by atoms with Crippen LogP contribution in [0.25, 0.3) is 22.4 Å². The number of aromatic hydroxyl groups is 1. The zero-order chi connectivity index (χ0) is 15.0. The van der Waals surface area contributed by atoms with Gasteiger partial charge in [0.15, 0.2) is 11.5 Å². The number of fused-ring (bicyclic) bond motifs is 1. The molecule has 0 aliphatic carbocycles. The van der Waals surface area contributed by atoms with Crippen LogP contribution in [-0.2, 0) is 0 Å². The average molecular weight is 288 g/mol. The Morgan fingerprint density at radius 2 is 1.76 bits per heavy atom. The van der Waals surface area contributed by atoms with Gasteiger partial charge in [0.2, 0.25) is 5.75 Å². The van der Waals surface area contributed by atoms with Crippen LogP contribution in [0.5, 0.6) is 17.2 Å². The maximum Gasteiger partial charge on any atom is 0.200 e. The van der Waals surface area contributed by atoms with E-state index in [1.54, 1.807) is 18.2 Å². The minimum absolute atomic E-state index is 0.0779.